The Morgan fingerprint density at radius 3 is 2.71 bits per heavy atom. The first kappa shape index (κ1) is 16.3. The Labute approximate surface area is 140 Å². The van der Waals surface area contributed by atoms with Gasteiger partial charge in [0, 0.05) is 31.4 Å². The van der Waals surface area contributed by atoms with Crippen LogP contribution in [0, 0.1) is 0 Å². The zero-order valence-electron chi connectivity index (χ0n) is 13.7. The van der Waals surface area contributed by atoms with Crippen LogP contribution in [0.4, 0.5) is 5.69 Å². The molecule has 2 aromatic heterocycles. The number of hydrogen-bond donors (Lipinski definition) is 0. The number of pyridine rings is 1. The molecule has 7 nitrogen and oxygen atoms in total. The topological polar surface area (TPSA) is 77.3 Å². The second-order valence-electron chi connectivity index (χ2n) is 5.21. The maximum Gasteiger partial charge on any atom is 0.270 e. The minimum absolute atomic E-state index is 0.0637. The van der Waals surface area contributed by atoms with Crippen molar-refractivity contribution >= 4 is 26.6 Å². The standard InChI is InChI=1S/C16H18N4O3S/c1-4-20(13-10-18-19(2)11-13)24(21,22)16-14(23-3)8-7-12-6-5-9-17-15(12)16/h5-11H,4H2,1-3H3. The van der Waals surface area contributed by atoms with E-state index in [-0.39, 0.29) is 17.2 Å². The van der Waals surface area contributed by atoms with Crippen LogP contribution in [0.5, 0.6) is 5.75 Å². The molecule has 0 bridgehead atoms. The Balaban J connectivity index is 2.27. The summed E-state index contributed by atoms with van der Waals surface area (Å²) in [5.41, 5.74) is 0.883. The molecule has 8 heteroatoms. The summed E-state index contributed by atoms with van der Waals surface area (Å²) in [6.45, 7) is 2.04. The zero-order valence-corrected chi connectivity index (χ0v) is 14.5. The summed E-state index contributed by atoms with van der Waals surface area (Å²) in [5.74, 6) is 0.267. The Morgan fingerprint density at radius 1 is 1.29 bits per heavy atom. The van der Waals surface area contributed by atoms with E-state index < -0.39 is 10.0 Å². The Hall–Kier alpha value is -2.61. The van der Waals surface area contributed by atoms with Crippen molar-refractivity contribution < 1.29 is 13.2 Å². The van der Waals surface area contributed by atoms with Crippen molar-refractivity contribution in [3.63, 3.8) is 0 Å². The fourth-order valence-electron chi connectivity index (χ4n) is 2.65. The Bertz CT molecular complexity index is 982. The lowest BCUT2D eigenvalue weighted by Gasteiger charge is -2.23. The predicted octanol–water partition coefficient (Wildman–Crippen LogP) is 2.19. The molecule has 0 saturated carbocycles. The molecular formula is C16H18N4O3S. The molecule has 0 saturated heterocycles. The smallest absolute Gasteiger partial charge is 0.270 e. The third-order valence-electron chi connectivity index (χ3n) is 3.73. The fourth-order valence-corrected chi connectivity index (χ4v) is 4.40. The second-order valence-corrected chi connectivity index (χ2v) is 7.01. The van der Waals surface area contributed by atoms with Crippen LogP contribution in [-0.4, -0.2) is 36.8 Å². The third-order valence-corrected chi connectivity index (χ3v) is 5.69. The average molecular weight is 346 g/mol. The number of benzene rings is 1. The molecule has 3 rings (SSSR count). The SMILES string of the molecule is CCN(c1cnn(C)c1)S(=O)(=O)c1c(OC)ccc2cccnc12. The van der Waals surface area contributed by atoms with Gasteiger partial charge in [0.2, 0.25) is 0 Å². The van der Waals surface area contributed by atoms with Crippen LogP contribution in [0.2, 0.25) is 0 Å². The molecule has 1 aromatic carbocycles. The van der Waals surface area contributed by atoms with E-state index in [1.165, 1.54) is 17.6 Å². The van der Waals surface area contributed by atoms with E-state index in [0.29, 0.717) is 11.2 Å². The largest absolute Gasteiger partial charge is 0.495 e. The van der Waals surface area contributed by atoms with Gasteiger partial charge in [0.15, 0.2) is 4.90 Å². The number of fused-ring (bicyclic) bond motifs is 1. The number of hydrogen-bond acceptors (Lipinski definition) is 5. The first-order valence-electron chi connectivity index (χ1n) is 7.42. The summed E-state index contributed by atoms with van der Waals surface area (Å²) in [7, 11) is -0.680. The highest BCUT2D eigenvalue weighted by Crippen LogP contribution is 2.34. The van der Waals surface area contributed by atoms with Gasteiger partial charge in [-0.2, -0.15) is 5.10 Å². The van der Waals surface area contributed by atoms with Crippen LogP contribution in [0.15, 0.2) is 47.8 Å². The monoisotopic (exact) mass is 346 g/mol. The van der Waals surface area contributed by atoms with Crippen molar-refractivity contribution in [1.82, 2.24) is 14.8 Å². The van der Waals surface area contributed by atoms with Crippen LogP contribution in [-0.2, 0) is 17.1 Å². The molecule has 0 radical (unpaired) electrons. The molecule has 0 atom stereocenters. The van der Waals surface area contributed by atoms with Crippen molar-refractivity contribution in [2.24, 2.45) is 7.05 Å². The minimum atomic E-state index is -3.87. The van der Waals surface area contributed by atoms with E-state index in [9.17, 15) is 8.42 Å². The molecule has 126 valence electrons. The molecule has 0 aliphatic carbocycles. The van der Waals surface area contributed by atoms with Crippen molar-refractivity contribution in [2.45, 2.75) is 11.8 Å². The molecule has 0 N–H and O–H groups in total. The summed E-state index contributed by atoms with van der Waals surface area (Å²) in [5, 5.41) is 4.80. The van der Waals surface area contributed by atoms with Crippen LogP contribution >= 0.6 is 0 Å². The van der Waals surface area contributed by atoms with Crippen LogP contribution < -0.4 is 9.04 Å². The highest BCUT2D eigenvalue weighted by atomic mass is 32.2. The van der Waals surface area contributed by atoms with Crippen LogP contribution in [0.1, 0.15) is 6.92 Å². The van der Waals surface area contributed by atoms with Gasteiger partial charge < -0.3 is 4.74 Å². The molecule has 0 aliphatic rings. The number of aromatic nitrogens is 3. The first-order chi connectivity index (χ1) is 11.5. The van der Waals surface area contributed by atoms with Crippen molar-refractivity contribution in [3.05, 3.63) is 42.9 Å². The van der Waals surface area contributed by atoms with E-state index in [2.05, 4.69) is 10.1 Å². The first-order valence-corrected chi connectivity index (χ1v) is 8.86. The summed E-state index contributed by atoms with van der Waals surface area (Å²) >= 11 is 0. The van der Waals surface area contributed by atoms with Crippen LogP contribution in [0.25, 0.3) is 10.9 Å². The number of methoxy groups -OCH3 is 1. The van der Waals surface area contributed by atoms with Crippen molar-refractivity contribution in [1.29, 1.82) is 0 Å². The number of ether oxygens (including phenoxy) is 1. The van der Waals surface area contributed by atoms with Crippen molar-refractivity contribution in [2.75, 3.05) is 18.0 Å². The lowest BCUT2D eigenvalue weighted by Crippen LogP contribution is -2.31. The molecule has 2 heterocycles. The summed E-state index contributed by atoms with van der Waals surface area (Å²) < 4.78 is 34.8. The van der Waals surface area contributed by atoms with E-state index in [1.54, 1.807) is 49.2 Å². The van der Waals surface area contributed by atoms with Crippen LogP contribution in [0.3, 0.4) is 0 Å². The fraction of sp³-hybridized carbons (Fsp3) is 0.250. The van der Waals surface area contributed by atoms with Gasteiger partial charge in [0.1, 0.15) is 5.75 Å². The summed E-state index contributed by atoms with van der Waals surface area (Å²) in [4.78, 5) is 4.33. The molecule has 0 spiro atoms. The van der Waals surface area contributed by atoms with Gasteiger partial charge in [0.05, 0.1) is 24.5 Å². The molecule has 0 aliphatic heterocycles. The minimum Gasteiger partial charge on any atom is -0.495 e. The average Bonchev–Trinajstić information content (AvgIpc) is 2.99. The second kappa shape index (κ2) is 6.12. The molecule has 24 heavy (non-hydrogen) atoms. The Kier molecular flexibility index (Phi) is 4.15. The molecule has 3 aromatic rings. The van der Waals surface area contributed by atoms with Crippen molar-refractivity contribution in [3.8, 4) is 5.75 Å². The molecule has 0 amide bonds. The molecule has 0 fully saturated rings. The number of rotatable bonds is 5. The van der Waals surface area contributed by atoms with E-state index in [0.717, 1.165) is 5.39 Å². The highest BCUT2D eigenvalue weighted by molar-refractivity contribution is 7.93. The zero-order chi connectivity index (χ0) is 17.3. The molecular weight excluding hydrogens is 328 g/mol. The Morgan fingerprint density at radius 2 is 2.08 bits per heavy atom. The van der Waals surface area contributed by atoms with E-state index in [1.807, 2.05) is 6.07 Å². The normalized spacial score (nSPS) is 11.6. The van der Waals surface area contributed by atoms with Gasteiger partial charge in [-0.1, -0.05) is 6.07 Å². The molecule has 0 unspecified atom stereocenters. The lowest BCUT2D eigenvalue weighted by molar-refractivity contribution is 0.404. The van der Waals surface area contributed by atoms with Gasteiger partial charge >= 0.3 is 0 Å². The van der Waals surface area contributed by atoms with Gasteiger partial charge in [0.25, 0.3) is 10.0 Å². The van der Waals surface area contributed by atoms with Gasteiger partial charge in [-0.25, -0.2) is 8.42 Å². The number of anilines is 1. The van der Waals surface area contributed by atoms with E-state index >= 15 is 0 Å². The number of aryl methyl sites for hydroxylation is 1. The highest BCUT2D eigenvalue weighted by Gasteiger charge is 2.30. The predicted molar refractivity (Wildman–Crippen MR) is 91.7 cm³/mol. The number of sulfonamides is 1. The lowest BCUT2D eigenvalue weighted by atomic mass is 10.2. The number of nitrogens with zero attached hydrogens (tertiary/aromatic N) is 4. The maximum atomic E-state index is 13.3. The van der Waals surface area contributed by atoms with Gasteiger partial charge in [-0.15, -0.1) is 0 Å². The summed E-state index contributed by atoms with van der Waals surface area (Å²) in [6.07, 6.45) is 4.75. The summed E-state index contributed by atoms with van der Waals surface area (Å²) in [6, 6.07) is 7.03. The quantitative estimate of drug-likeness (QED) is 0.708. The van der Waals surface area contributed by atoms with E-state index in [4.69, 9.17) is 4.74 Å². The third kappa shape index (κ3) is 2.58. The van der Waals surface area contributed by atoms with Gasteiger partial charge in [-0.05, 0) is 25.1 Å². The van der Waals surface area contributed by atoms with Gasteiger partial charge in [-0.3, -0.25) is 14.0 Å². The maximum absolute atomic E-state index is 13.3.